The molecule has 0 unspecified atom stereocenters. The fraction of sp³-hybridized carbons (Fsp3) is 0.421. The molecule has 0 atom stereocenters. The second kappa shape index (κ2) is 8.81. The summed E-state index contributed by atoms with van der Waals surface area (Å²) < 4.78 is 44.8. The molecule has 0 bridgehead atoms. The fourth-order valence-electron chi connectivity index (χ4n) is 3.01. The van der Waals surface area contributed by atoms with Crippen molar-refractivity contribution in [2.24, 2.45) is 0 Å². The molecule has 2 aromatic rings. The summed E-state index contributed by atoms with van der Waals surface area (Å²) in [5.41, 5.74) is -0.387. The Morgan fingerprint density at radius 3 is 2.50 bits per heavy atom. The van der Waals surface area contributed by atoms with E-state index in [4.69, 9.17) is 4.74 Å². The van der Waals surface area contributed by atoms with Gasteiger partial charge in [0.2, 0.25) is 5.91 Å². The first kappa shape index (κ1) is 20.4. The zero-order chi connectivity index (χ0) is 20.1. The molecule has 0 aliphatic heterocycles. The average molecular weight is 411 g/mol. The highest BCUT2D eigenvalue weighted by Crippen LogP contribution is 2.32. The molecule has 0 radical (unpaired) electrons. The van der Waals surface area contributed by atoms with Crippen LogP contribution < -0.4 is 10.1 Å². The molecule has 1 fully saturated rings. The normalized spacial score (nSPS) is 14.9. The van der Waals surface area contributed by atoms with Crippen LogP contribution in [-0.2, 0) is 11.0 Å². The zero-order valence-corrected chi connectivity index (χ0v) is 16.1. The van der Waals surface area contributed by atoms with Gasteiger partial charge in [0.25, 0.3) is 0 Å². The third-order valence-electron chi connectivity index (χ3n) is 4.43. The van der Waals surface area contributed by atoms with Crippen LogP contribution in [0.2, 0.25) is 0 Å². The summed E-state index contributed by atoms with van der Waals surface area (Å²) >= 11 is 0.900. The van der Waals surface area contributed by atoms with E-state index in [-0.39, 0.29) is 28.6 Å². The molecular weight excluding hydrogens is 391 g/mol. The van der Waals surface area contributed by atoms with Crippen LogP contribution in [0.5, 0.6) is 5.75 Å². The van der Waals surface area contributed by atoms with Crippen molar-refractivity contribution in [3.8, 4) is 17.0 Å². The van der Waals surface area contributed by atoms with E-state index in [1.54, 1.807) is 24.3 Å². The standard InChI is InChI=1S/C19H20F3N3O2S/c1-27-14-8-6-12(7-9-14)15-10-16(19(20,21)22)25-18(24-15)28-11-17(26)23-13-4-2-3-5-13/h6-10,13H,2-5,11H2,1H3,(H,23,26). The minimum Gasteiger partial charge on any atom is -0.497 e. The molecule has 150 valence electrons. The number of alkyl halides is 3. The highest BCUT2D eigenvalue weighted by molar-refractivity contribution is 7.99. The van der Waals surface area contributed by atoms with Crippen LogP contribution in [0, 0.1) is 0 Å². The molecule has 1 aromatic carbocycles. The van der Waals surface area contributed by atoms with Gasteiger partial charge in [0.15, 0.2) is 5.16 Å². The lowest BCUT2D eigenvalue weighted by molar-refractivity contribution is -0.141. The number of carbonyl (C=O) groups is 1. The van der Waals surface area contributed by atoms with E-state index in [0.717, 1.165) is 43.5 Å². The van der Waals surface area contributed by atoms with E-state index in [0.29, 0.717) is 11.3 Å². The largest absolute Gasteiger partial charge is 0.497 e. The maximum absolute atomic E-state index is 13.3. The van der Waals surface area contributed by atoms with Gasteiger partial charge in [-0.25, -0.2) is 9.97 Å². The molecule has 3 rings (SSSR count). The number of rotatable bonds is 6. The van der Waals surface area contributed by atoms with Gasteiger partial charge in [-0.15, -0.1) is 0 Å². The Hall–Kier alpha value is -2.29. The summed E-state index contributed by atoms with van der Waals surface area (Å²) in [6.45, 7) is 0. The van der Waals surface area contributed by atoms with E-state index < -0.39 is 11.9 Å². The second-order valence-corrected chi connectivity index (χ2v) is 7.43. The molecule has 0 spiro atoms. The first-order chi connectivity index (χ1) is 13.3. The predicted molar refractivity (Wildman–Crippen MR) is 100 cm³/mol. The predicted octanol–water partition coefficient (Wildman–Crippen LogP) is 4.32. The number of nitrogens with one attached hydrogen (secondary N) is 1. The maximum Gasteiger partial charge on any atom is 0.433 e. The Morgan fingerprint density at radius 2 is 1.89 bits per heavy atom. The number of hydrogen-bond acceptors (Lipinski definition) is 5. The van der Waals surface area contributed by atoms with Crippen molar-refractivity contribution >= 4 is 17.7 Å². The van der Waals surface area contributed by atoms with Crippen LogP contribution in [0.15, 0.2) is 35.5 Å². The van der Waals surface area contributed by atoms with Crippen molar-refractivity contribution in [3.63, 3.8) is 0 Å². The van der Waals surface area contributed by atoms with Gasteiger partial charge in [-0.05, 0) is 43.2 Å². The van der Waals surface area contributed by atoms with Crippen LogP contribution in [0.25, 0.3) is 11.3 Å². The van der Waals surface area contributed by atoms with Crippen molar-refractivity contribution in [1.29, 1.82) is 0 Å². The van der Waals surface area contributed by atoms with Crippen molar-refractivity contribution in [2.45, 2.75) is 43.1 Å². The number of benzene rings is 1. The lowest BCUT2D eigenvalue weighted by atomic mass is 10.1. The van der Waals surface area contributed by atoms with Gasteiger partial charge in [0, 0.05) is 11.6 Å². The van der Waals surface area contributed by atoms with Crippen molar-refractivity contribution in [3.05, 3.63) is 36.0 Å². The monoisotopic (exact) mass is 411 g/mol. The Balaban J connectivity index is 1.78. The smallest absolute Gasteiger partial charge is 0.433 e. The van der Waals surface area contributed by atoms with Crippen molar-refractivity contribution in [2.75, 3.05) is 12.9 Å². The summed E-state index contributed by atoms with van der Waals surface area (Å²) in [6, 6.07) is 7.61. The van der Waals surface area contributed by atoms with Gasteiger partial charge in [-0.1, -0.05) is 24.6 Å². The van der Waals surface area contributed by atoms with E-state index in [2.05, 4.69) is 15.3 Å². The van der Waals surface area contributed by atoms with Crippen LogP contribution in [-0.4, -0.2) is 34.8 Å². The number of aromatic nitrogens is 2. The van der Waals surface area contributed by atoms with Crippen LogP contribution in [0.1, 0.15) is 31.4 Å². The molecule has 1 saturated carbocycles. The highest BCUT2D eigenvalue weighted by atomic mass is 32.2. The molecular formula is C19H20F3N3O2S. The molecule has 1 aliphatic rings. The van der Waals surface area contributed by atoms with Crippen molar-refractivity contribution in [1.82, 2.24) is 15.3 Å². The molecule has 9 heteroatoms. The van der Waals surface area contributed by atoms with Crippen LogP contribution >= 0.6 is 11.8 Å². The van der Waals surface area contributed by atoms with Gasteiger partial charge in [0.05, 0.1) is 18.6 Å². The van der Waals surface area contributed by atoms with E-state index in [1.807, 2.05) is 0 Å². The summed E-state index contributed by atoms with van der Waals surface area (Å²) in [5.74, 6) is 0.343. The number of nitrogens with zero attached hydrogens (tertiary/aromatic N) is 2. The van der Waals surface area contributed by atoms with Crippen LogP contribution in [0.3, 0.4) is 0 Å². The van der Waals surface area contributed by atoms with Gasteiger partial charge in [-0.2, -0.15) is 13.2 Å². The molecule has 1 N–H and O–H groups in total. The highest BCUT2D eigenvalue weighted by Gasteiger charge is 2.34. The number of carbonyl (C=O) groups excluding carboxylic acids is 1. The Kier molecular flexibility index (Phi) is 6.43. The summed E-state index contributed by atoms with van der Waals surface area (Å²) in [6.07, 6.45) is -0.554. The second-order valence-electron chi connectivity index (χ2n) is 6.48. The Morgan fingerprint density at radius 1 is 1.21 bits per heavy atom. The number of hydrogen-bond donors (Lipinski definition) is 1. The molecule has 0 saturated heterocycles. The Bertz CT molecular complexity index is 822. The number of amides is 1. The number of halogens is 3. The van der Waals surface area contributed by atoms with E-state index in [1.165, 1.54) is 7.11 Å². The number of methoxy groups -OCH3 is 1. The fourth-order valence-corrected chi connectivity index (χ4v) is 3.68. The molecule has 1 aromatic heterocycles. The third-order valence-corrected chi connectivity index (χ3v) is 5.28. The lowest BCUT2D eigenvalue weighted by Gasteiger charge is -2.12. The molecule has 28 heavy (non-hydrogen) atoms. The first-order valence-corrected chi connectivity index (χ1v) is 9.86. The summed E-state index contributed by atoms with van der Waals surface area (Å²) in [5, 5.41) is 2.82. The molecule has 1 amide bonds. The van der Waals surface area contributed by atoms with Crippen LogP contribution in [0.4, 0.5) is 13.2 Å². The first-order valence-electron chi connectivity index (χ1n) is 8.88. The molecule has 1 aliphatic carbocycles. The van der Waals surface area contributed by atoms with Gasteiger partial charge in [-0.3, -0.25) is 4.79 Å². The minimum absolute atomic E-state index is 0.0279. The number of ether oxygens (including phenoxy) is 1. The lowest BCUT2D eigenvalue weighted by Crippen LogP contribution is -2.33. The maximum atomic E-state index is 13.3. The molecule has 1 heterocycles. The zero-order valence-electron chi connectivity index (χ0n) is 15.3. The average Bonchev–Trinajstić information content (AvgIpc) is 3.18. The van der Waals surface area contributed by atoms with Gasteiger partial charge in [0.1, 0.15) is 11.4 Å². The van der Waals surface area contributed by atoms with E-state index in [9.17, 15) is 18.0 Å². The van der Waals surface area contributed by atoms with Gasteiger partial charge < -0.3 is 10.1 Å². The summed E-state index contributed by atoms with van der Waals surface area (Å²) in [7, 11) is 1.51. The van der Waals surface area contributed by atoms with E-state index >= 15 is 0 Å². The third kappa shape index (κ3) is 5.37. The summed E-state index contributed by atoms with van der Waals surface area (Å²) in [4.78, 5) is 19.9. The molecule has 5 nitrogen and oxygen atoms in total. The SMILES string of the molecule is COc1ccc(-c2cc(C(F)(F)F)nc(SCC(=O)NC3CCCC3)n2)cc1. The van der Waals surface area contributed by atoms with Crippen molar-refractivity contribution < 1.29 is 22.7 Å². The van der Waals surface area contributed by atoms with Gasteiger partial charge >= 0.3 is 6.18 Å². The quantitative estimate of drug-likeness (QED) is 0.567. The Labute approximate surface area is 165 Å². The topological polar surface area (TPSA) is 64.1 Å². The minimum atomic E-state index is -4.61. The number of thioether (sulfide) groups is 1.